The number of anilines is 1. The van der Waals surface area contributed by atoms with Crippen LogP contribution in [0.4, 0.5) is 10.1 Å². The van der Waals surface area contributed by atoms with E-state index in [1.54, 1.807) is 12.1 Å². The van der Waals surface area contributed by atoms with Gasteiger partial charge in [-0.15, -0.1) is 0 Å². The number of aromatic amines is 1. The molecule has 3 aromatic rings. The van der Waals surface area contributed by atoms with Gasteiger partial charge in [0.15, 0.2) is 11.5 Å². The Bertz CT molecular complexity index is 994. The smallest absolute Gasteiger partial charge is 0.273 e. The highest BCUT2D eigenvalue weighted by Gasteiger charge is 2.21. The molecule has 0 atom stereocenters. The number of oxazole rings is 1. The molecule has 1 aliphatic rings. The number of para-hydroxylation sites is 1. The van der Waals surface area contributed by atoms with E-state index in [1.807, 2.05) is 17.9 Å². The molecule has 4 rings (SSSR count). The van der Waals surface area contributed by atoms with E-state index in [0.29, 0.717) is 36.9 Å². The summed E-state index contributed by atoms with van der Waals surface area (Å²) in [6.07, 6.45) is 1.91. The number of aromatic nitrogens is 4. The standard InChI is InChI=1S/C20H24FN7O2/c1-14-23-18(26-25-14)6-7-22-20(29)16-13-30-19(24-16)12-27-8-10-28(11-9-27)17-5-3-2-4-15(17)21/h2-5,13H,6-12H2,1H3,(H,22,29)(H,23,25,26). The number of hydrogen-bond acceptors (Lipinski definition) is 7. The minimum atomic E-state index is -0.290. The Morgan fingerprint density at radius 2 is 2.03 bits per heavy atom. The van der Waals surface area contributed by atoms with Crippen LogP contribution >= 0.6 is 0 Å². The van der Waals surface area contributed by atoms with Gasteiger partial charge < -0.3 is 14.6 Å². The van der Waals surface area contributed by atoms with Crippen LogP contribution < -0.4 is 10.2 Å². The Balaban J connectivity index is 1.23. The van der Waals surface area contributed by atoms with E-state index in [-0.39, 0.29) is 17.4 Å². The van der Waals surface area contributed by atoms with E-state index in [1.165, 1.54) is 12.3 Å². The van der Waals surface area contributed by atoms with Crippen molar-refractivity contribution in [2.45, 2.75) is 19.9 Å². The van der Waals surface area contributed by atoms with E-state index < -0.39 is 0 Å². The Morgan fingerprint density at radius 1 is 1.23 bits per heavy atom. The number of nitrogens with one attached hydrogen (secondary N) is 2. The van der Waals surface area contributed by atoms with Crippen molar-refractivity contribution in [3.8, 4) is 0 Å². The Labute approximate surface area is 173 Å². The van der Waals surface area contributed by atoms with Gasteiger partial charge in [0, 0.05) is 39.1 Å². The minimum Gasteiger partial charge on any atom is -0.447 e. The summed E-state index contributed by atoms with van der Waals surface area (Å²) >= 11 is 0. The molecule has 158 valence electrons. The third-order valence-corrected chi connectivity index (χ3v) is 4.99. The predicted octanol–water partition coefficient (Wildman–Crippen LogP) is 1.53. The average Bonchev–Trinajstić information content (AvgIpc) is 3.38. The number of piperazine rings is 1. The number of H-pyrrole nitrogens is 1. The monoisotopic (exact) mass is 413 g/mol. The number of carbonyl (C=O) groups is 1. The lowest BCUT2D eigenvalue weighted by Gasteiger charge is -2.35. The number of hydrogen-bond donors (Lipinski definition) is 2. The van der Waals surface area contributed by atoms with Gasteiger partial charge in [-0.1, -0.05) is 12.1 Å². The Morgan fingerprint density at radius 3 is 2.77 bits per heavy atom. The highest BCUT2D eigenvalue weighted by atomic mass is 19.1. The van der Waals surface area contributed by atoms with Gasteiger partial charge in [-0.2, -0.15) is 5.10 Å². The summed E-state index contributed by atoms with van der Waals surface area (Å²) in [5.74, 6) is 1.40. The normalized spacial score (nSPS) is 14.8. The van der Waals surface area contributed by atoms with Crippen LogP contribution in [0.15, 0.2) is 34.9 Å². The van der Waals surface area contributed by atoms with Crippen LogP contribution in [-0.4, -0.2) is 63.7 Å². The van der Waals surface area contributed by atoms with Gasteiger partial charge in [-0.3, -0.25) is 14.8 Å². The molecule has 10 heteroatoms. The van der Waals surface area contributed by atoms with Crippen LogP contribution in [0.25, 0.3) is 0 Å². The van der Waals surface area contributed by atoms with Crippen molar-refractivity contribution < 1.29 is 13.6 Å². The zero-order valence-corrected chi connectivity index (χ0v) is 16.8. The van der Waals surface area contributed by atoms with E-state index in [4.69, 9.17) is 4.42 Å². The molecule has 1 aromatic carbocycles. The van der Waals surface area contributed by atoms with Crippen LogP contribution in [0.1, 0.15) is 28.0 Å². The topological polar surface area (TPSA) is 103 Å². The van der Waals surface area contributed by atoms with Crippen molar-refractivity contribution in [2.75, 3.05) is 37.6 Å². The van der Waals surface area contributed by atoms with Crippen LogP contribution in [0.5, 0.6) is 0 Å². The van der Waals surface area contributed by atoms with Crippen molar-refractivity contribution in [1.82, 2.24) is 30.4 Å². The molecule has 0 unspecified atom stereocenters. The molecule has 2 aromatic heterocycles. The van der Waals surface area contributed by atoms with Crippen LogP contribution in [-0.2, 0) is 13.0 Å². The molecule has 1 saturated heterocycles. The molecule has 30 heavy (non-hydrogen) atoms. The maximum atomic E-state index is 14.0. The number of rotatable bonds is 7. The first-order valence-electron chi connectivity index (χ1n) is 9.91. The van der Waals surface area contributed by atoms with E-state index in [0.717, 1.165) is 32.0 Å². The SMILES string of the molecule is Cc1nc(CCNC(=O)c2coc(CN3CCN(c4ccccc4F)CC3)n2)n[nH]1. The zero-order valence-electron chi connectivity index (χ0n) is 16.8. The second-order valence-electron chi connectivity index (χ2n) is 7.18. The van der Waals surface area contributed by atoms with Gasteiger partial charge in [-0.25, -0.2) is 14.4 Å². The molecule has 3 heterocycles. The largest absolute Gasteiger partial charge is 0.447 e. The van der Waals surface area contributed by atoms with E-state index >= 15 is 0 Å². The van der Waals surface area contributed by atoms with Crippen molar-refractivity contribution in [3.05, 3.63) is 59.6 Å². The molecular weight excluding hydrogens is 389 g/mol. The molecule has 0 aliphatic carbocycles. The van der Waals surface area contributed by atoms with Gasteiger partial charge in [0.05, 0.1) is 12.2 Å². The number of halogens is 1. The first-order chi connectivity index (χ1) is 14.6. The summed E-state index contributed by atoms with van der Waals surface area (Å²) in [7, 11) is 0. The molecule has 0 saturated carbocycles. The fourth-order valence-electron chi connectivity index (χ4n) is 3.41. The zero-order chi connectivity index (χ0) is 20.9. The highest BCUT2D eigenvalue weighted by molar-refractivity contribution is 5.91. The summed E-state index contributed by atoms with van der Waals surface area (Å²) in [5.41, 5.74) is 0.883. The summed E-state index contributed by atoms with van der Waals surface area (Å²) < 4.78 is 19.4. The molecule has 2 N–H and O–H groups in total. The maximum Gasteiger partial charge on any atom is 0.273 e. The van der Waals surface area contributed by atoms with E-state index in [2.05, 4.69) is 30.4 Å². The van der Waals surface area contributed by atoms with Crippen LogP contribution in [0, 0.1) is 12.7 Å². The third kappa shape index (κ3) is 4.82. The average molecular weight is 413 g/mol. The first kappa shape index (κ1) is 20.0. The number of aryl methyl sites for hydroxylation is 1. The van der Waals surface area contributed by atoms with Gasteiger partial charge in [0.25, 0.3) is 5.91 Å². The lowest BCUT2D eigenvalue weighted by atomic mass is 10.2. The van der Waals surface area contributed by atoms with Crippen molar-refractivity contribution in [1.29, 1.82) is 0 Å². The van der Waals surface area contributed by atoms with Gasteiger partial charge >= 0.3 is 0 Å². The fourth-order valence-corrected chi connectivity index (χ4v) is 3.41. The van der Waals surface area contributed by atoms with Gasteiger partial charge in [0.1, 0.15) is 17.9 Å². The molecule has 9 nitrogen and oxygen atoms in total. The fraction of sp³-hybridized carbons (Fsp3) is 0.400. The van der Waals surface area contributed by atoms with Crippen LogP contribution in [0.3, 0.4) is 0 Å². The summed E-state index contributed by atoms with van der Waals surface area (Å²) in [4.78, 5) is 24.9. The molecule has 0 spiro atoms. The second-order valence-corrected chi connectivity index (χ2v) is 7.18. The van der Waals surface area contributed by atoms with Gasteiger partial charge in [-0.05, 0) is 19.1 Å². The van der Waals surface area contributed by atoms with Crippen molar-refractivity contribution in [3.63, 3.8) is 0 Å². The summed E-state index contributed by atoms with van der Waals surface area (Å²) in [6.45, 7) is 5.70. The Hall–Kier alpha value is -3.27. The molecular formula is C20H24FN7O2. The number of amides is 1. The lowest BCUT2D eigenvalue weighted by molar-refractivity contribution is 0.0949. The first-order valence-corrected chi connectivity index (χ1v) is 9.91. The maximum absolute atomic E-state index is 14.0. The molecule has 1 aliphatic heterocycles. The predicted molar refractivity (Wildman–Crippen MR) is 108 cm³/mol. The van der Waals surface area contributed by atoms with Gasteiger partial charge in [0.2, 0.25) is 5.89 Å². The quantitative estimate of drug-likeness (QED) is 0.606. The van der Waals surface area contributed by atoms with Crippen LogP contribution in [0.2, 0.25) is 0 Å². The highest BCUT2D eigenvalue weighted by Crippen LogP contribution is 2.20. The summed E-state index contributed by atoms with van der Waals surface area (Å²) in [5, 5.41) is 9.59. The van der Waals surface area contributed by atoms with E-state index in [9.17, 15) is 9.18 Å². The Kier molecular flexibility index (Phi) is 6.03. The van der Waals surface area contributed by atoms with Crippen molar-refractivity contribution >= 4 is 11.6 Å². The molecule has 0 bridgehead atoms. The summed E-state index contributed by atoms with van der Waals surface area (Å²) in [6, 6.07) is 6.82. The molecule has 0 radical (unpaired) electrons. The number of nitrogens with zero attached hydrogens (tertiary/aromatic N) is 5. The third-order valence-electron chi connectivity index (χ3n) is 4.99. The number of benzene rings is 1. The number of carbonyl (C=O) groups excluding carboxylic acids is 1. The second kappa shape index (κ2) is 9.04. The van der Waals surface area contributed by atoms with Crippen molar-refractivity contribution in [2.24, 2.45) is 0 Å². The molecule has 1 amide bonds. The lowest BCUT2D eigenvalue weighted by Crippen LogP contribution is -2.46. The minimum absolute atomic E-state index is 0.201. The molecule has 1 fully saturated rings.